The van der Waals surface area contributed by atoms with Gasteiger partial charge in [0.1, 0.15) is 11.2 Å². The van der Waals surface area contributed by atoms with Crippen LogP contribution in [0.2, 0.25) is 0 Å². The monoisotopic (exact) mass is 809 g/mol. The Morgan fingerprint density at radius 2 is 1.03 bits per heavy atom. The first kappa shape index (κ1) is 36.5. The molecule has 0 atom stereocenters. The lowest BCUT2D eigenvalue weighted by Crippen LogP contribution is -2.10. The van der Waals surface area contributed by atoms with E-state index in [1.54, 1.807) is 0 Å². The van der Waals surface area contributed by atoms with Gasteiger partial charge in [-0.15, -0.1) is 0 Å². The lowest BCUT2D eigenvalue weighted by molar-refractivity contribution is 0.670. The molecular formula is C57H39N5O. The highest BCUT2D eigenvalue weighted by Gasteiger charge is 2.19. The second-order valence-corrected chi connectivity index (χ2v) is 15.9. The number of aromatic nitrogens is 4. The highest BCUT2D eigenvalue weighted by atomic mass is 16.3. The van der Waals surface area contributed by atoms with Crippen LogP contribution in [-0.4, -0.2) is 19.5 Å². The van der Waals surface area contributed by atoms with Crippen molar-refractivity contribution in [1.29, 1.82) is 0 Å². The molecule has 1 aliphatic rings. The van der Waals surface area contributed by atoms with Gasteiger partial charge in [-0.2, -0.15) is 0 Å². The van der Waals surface area contributed by atoms with Gasteiger partial charge in [-0.3, -0.25) is 0 Å². The highest BCUT2D eigenvalue weighted by molar-refractivity contribution is 6.11. The summed E-state index contributed by atoms with van der Waals surface area (Å²) >= 11 is 0. The van der Waals surface area contributed by atoms with Gasteiger partial charge in [-0.1, -0.05) is 140 Å². The number of hydrogen-bond donors (Lipinski definition) is 0. The summed E-state index contributed by atoms with van der Waals surface area (Å²) < 4.78 is 9.12. The summed E-state index contributed by atoms with van der Waals surface area (Å²) in [6.45, 7) is 0. The third-order valence-corrected chi connectivity index (χ3v) is 12.1. The molecule has 0 unspecified atom stereocenters. The van der Waals surface area contributed by atoms with E-state index in [4.69, 9.17) is 19.4 Å². The molecule has 8 aromatic carbocycles. The number of furan rings is 1. The van der Waals surface area contributed by atoms with Crippen LogP contribution in [0.4, 0.5) is 17.1 Å². The first-order chi connectivity index (χ1) is 31.2. The number of allylic oxidation sites excluding steroid dienone is 4. The van der Waals surface area contributed by atoms with Crippen LogP contribution >= 0.6 is 0 Å². The van der Waals surface area contributed by atoms with Crippen molar-refractivity contribution in [3.8, 4) is 39.6 Å². The van der Waals surface area contributed by atoms with Crippen LogP contribution in [0.15, 0.2) is 217 Å². The Hall–Kier alpha value is -8.35. The number of rotatable bonds is 8. The van der Waals surface area contributed by atoms with Crippen LogP contribution in [0, 0.1) is 0 Å². The zero-order chi connectivity index (χ0) is 41.7. The molecule has 3 heterocycles. The van der Waals surface area contributed by atoms with Crippen molar-refractivity contribution in [2.24, 2.45) is 0 Å². The molecule has 0 radical (unpaired) electrons. The summed E-state index contributed by atoms with van der Waals surface area (Å²) in [5.41, 5.74) is 13.3. The fraction of sp³-hybridized carbons (Fsp3) is 0.0351. The molecule has 6 heteroatoms. The van der Waals surface area contributed by atoms with E-state index in [0.717, 1.165) is 85.4 Å². The van der Waals surface area contributed by atoms with E-state index in [-0.39, 0.29) is 0 Å². The normalized spacial score (nSPS) is 12.7. The molecule has 298 valence electrons. The summed E-state index contributed by atoms with van der Waals surface area (Å²) in [6.07, 6.45) is 8.48. The van der Waals surface area contributed by atoms with Crippen LogP contribution in [0.3, 0.4) is 0 Å². The Morgan fingerprint density at radius 1 is 0.444 bits per heavy atom. The van der Waals surface area contributed by atoms with Crippen molar-refractivity contribution in [2.45, 2.75) is 12.8 Å². The summed E-state index contributed by atoms with van der Waals surface area (Å²) in [6, 6.07) is 68.2. The van der Waals surface area contributed by atoms with Gasteiger partial charge in [-0.05, 0) is 91.2 Å². The molecule has 6 nitrogen and oxygen atoms in total. The Morgan fingerprint density at radius 3 is 1.73 bits per heavy atom. The minimum Gasteiger partial charge on any atom is -0.455 e. The van der Waals surface area contributed by atoms with Gasteiger partial charge >= 0.3 is 0 Å². The average Bonchev–Trinajstić information content (AvgIpc) is 3.91. The van der Waals surface area contributed by atoms with E-state index in [9.17, 15) is 0 Å². The molecule has 0 spiro atoms. The van der Waals surface area contributed by atoms with Crippen molar-refractivity contribution in [3.05, 3.63) is 218 Å². The largest absolute Gasteiger partial charge is 0.455 e. The minimum atomic E-state index is 0.612. The summed E-state index contributed by atoms with van der Waals surface area (Å²) in [7, 11) is 0. The van der Waals surface area contributed by atoms with Crippen molar-refractivity contribution in [2.75, 3.05) is 4.90 Å². The maximum absolute atomic E-state index is 6.77. The van der Waals surface area contributed by atoms with Crippen molar-refractivity contribution < 1.29 is 4.42 Å². The zero-order valence-corrected chi connectivity index (χ0v) is 34.3. The smallest absolute Gasteiger partial charge is 0.164 e. The fourth-order valence-corrected chi connectivity index (χ4v) is 9.06. The molecule has 0 amide bonds. The Bertz CT molecular complexity index is 3490. The van der Waals surface area contributed by atoms with Gasteiger partial charge in [0, 0.05) is 66.6 Å². The third kappa shape index (κ3) is 6.48. The Labute approximate surface area is 364 Å². The van der Waals surface area contributed by atoms with E-state index in [1.807, 2.05) is 30.3 Å². The highest BCUT2D eigenvalue weighted by Crippen LogP contribution is 2.41. The molecule has 3 aromatic heterocycles. The number of para-hydroxylation sites is 4. The lowest BCUT2D eigenvalue weighted by atomic mass is 10.0. The first-order valence-electron chi connectivity index (χ1n) is 21.4. The summed E-state index contributed by atoms with van der Waals surface area (Å²) in [5.74, 6) is 1.93. The molecule has 11 aromatic rings. The number of hydrogen-bond acceptors (Lipinski definition) is 5. The summed E-state index contributed by atoms with van der Waals surface area (Å²) in [4.78, 5) is 17.2. The van der Waals surface area contributed by atoms with Gasteiger partial charge in [-0.25, -0.2) is 15.0 Å². The van der Waals surface area contributed by atoms with Crippen LogP contribution in [0.1, 0.15) is 18.7 Å². The Balaban J connectivity index is 0.899. The molecule has 0 saturated carbocycles. The maximum Gasteiger partial charge on any atom is 0.164 e. The molecule has 63 heavy (non-hydrogen) atoms. The second kappa shape index (κ2) is 15.3. The predicted octanol–water partition coefficient (Wildman–Crippen LogP) is 15.1. The molecule has 0 bridgehead atoms. The predicted molar refractivity (Wildman–Crippen MR) is 259 cm³/mol. The molecule has 1 aliphatic carbocycles. The van der Waals surface area contributed by atoms with E-state index in [2.05, 4.69) is 191 Å². The van der Waals surface area contributed by atoms with Gasteiger partial charge in [0.05, 0.1) is 11.0 Å². The number of nitrogens with zero attached hydrogens (tertiary/aromatic N) is 5. The molecule has 0 N–H and O–H groups in total. The van der Waals surface area contributed by atoms with Gasteiger partial charge in [0.2, 0.25) is 0 Å². The third-order valence-electron chi connectivity index (χ3n) is 12.1. The minimum absolute atomic E-state index is 0.612. The van der Waals surface area contributed by atoms with Gasteiger partial charge in [0.25, 0.3) is 0 Å². The van der Waals surface area contributed by atoms with Crippen LogP contribution in [-0.2, 0) is 0 Å². The number of fused-ring (bicyclic) bond motifs is 6. The SMILES string of the molecule is C1=CC(c2nc(-c3ccccc3)nc(-c3ccc4c(c3)oc3c(-c5ccc(N(c6ccccc6)c6ccc(-n7c8ccccc8c8ccccc87)cc6)cc5)cccc34)n2)=CCC1. The molecule has 12 rings (SSSR count). The maximum atomic E-state index is 6.77. The van der Waals surface area contributed by atoms with Crippen molar-refractivity contribution in [3.63, 3.8) is 0 Å². The van der Waals surface area contributed by atoms with Gasteiger partial charge in [0.15, 0.2) is 17.5 Å². The van der Waals surface area contributed by atoms with E-state index >= 15 is 0 Å². The number of benzene rings is 8. The van der Waals surface area contributed by atoms with E-state index < -0.39 is 0 Å². The topological polar surface area (TPSA) is 60.0 Å². The lowest BCUT2D eigenvalue weighted by Gasteiger charge is -2.26. The second-order valence-electron chi connectivity index (χ2n) is 15.9. The number of anilines is 3. The first-order valence-corrected chi connectivity index (χ1v) is 21.4. The molecular weight excluding hydrogens is 771 g/mol. The standard InChI is InChI=1S/C57H39N5O/c1-4-15-39(16-5-1)55-58-56(40-17-6-2-7-18-40)60-57(59-55)41-29-36-49-50-24-14-23-46(54(50)63-53(49)37-41)38-27-30-43(31-28-38)61(42-19-8-3-9-20-42)44-32-34-45(35-33-44)62-51-25-12-10-21-47(51)48-22-11-13-26-52(48)62/h1,3-6,8-37H,2,7H2. The van der Waals surface area contributed by atoms with Crippen LogP contribution < -0.4 is 4.90 Å². The van der Waals surface area contributed by atoms with E-state index in [0.29, 0.717) is 17.5 Å². The van der Waals surface area contributed by atoms with Gasteiger partial charge < -0.3 is 13.9 Å². The Kier molecular flexibility index (Phi) is 8.85. The van der Waals surface area contributed by atoms with Crippen LogP contribution in [0.5, 0.6) is 0 Å². The molecule has 0 saturated heterocycles. The van der Waals surface area contributed by atoms with Crippen LogP contribution in [0.25, 0.3) is 88.9 Å². The molecule has 0 aliphatic heterocycles. The van der Waals surface area contributed by atoms with Crippen molar-refractivity contribution in [1.82, 2.24) is 19.5 Å². The molecule has 0 fully saturated rings. The van der Waals surface area contributed by atoms with E-state index in [1.165, 1.54) is 21.8 Å². The zero-order valence-electron chi connectivity index (χ0n) is 34.3. The summed E-state index contributed by atoms with van der Waals surface area (Å²) in [5, 5.41) is 4.61. The average molecular weight is 810 g/mol. The van der Waals surface area contributed by atoms with Crippen molar-refractivity contribution >= 4 is 66.4 Å². The fourth-order valence-electron chi connectivity index (χ4n) is 9.06. The quantitative estimate of drug-likeness (QED) is 0.153.